The Morgan fingerprint density at radius 2 is 1.83 bits per heavy atom. The molecule has 0 unspecified atom stereocenters. The number of hydrogen-bond acceptors (Lipinski definition) is 4. The summed E-state index contributed by atoms with van der Waals surface area (Å²) < 4.78 is 5.29. The molecule has 1 N–H and O–H groups in total. The van der Waals surface area contributed by atoms with Gasteiger partial charge in [-0.3, -0.25) is 4.79 Å². The second kappa shape index (κ2) is 8.53. The fraction of sp³-hybridized carbons (Fsp3) is 0.167. The highest BCUT2D eigenvalue weighted by molar-refractivity contribution is 7.99. The summed E-state index contributed by atoms with van der Waals surface area (Å²) in [5, 5.41) is 2.94. The Hall–Kier alpha value is -3.05. The number of carbonyl (C=O) groups excluding carboxylic acids is 1. The topological polar surface area (TPSA) is 50.7 Å². The Morgan fingerprint density at radius 3 is 2.59 bits per heavy atom. The van der Waals surface area contributed by atoms with Gasteiger partial charge in [-0.1, -0.05) is 36.9 Å². The lowest BCUT2D eigenvalue weighted by molar-refractivity contribution is 0.0953. The number of ether oxygens (including phenoxy) is 1. The average molecular weight is 403 g/mol. The van der Waals surface area contributed by atoms with E-state index >= 15 is 0 Å². The minimum atomic E-state index is -0.0670. The number of nitrogens with zero attached hydrogens (tertiary/aromatic N) is 1. The molecule has 0 saturated heterocycles. The maximum Gasteiger partial charge on any atom is 0.251 e. The molecule has 5 heteroatoms. The SMILES string of the molecule is CCCNC(=O)c1ccc2c(c1)N=C(c1ccc(OC)cc1)c1ccccc1S2. The minimum absolute atomic E-state index is 0.0670. The molecular formula is C24H22N2O2S. The van der Waals surface area contributed by atoms with E-state index in [0.717, 1.165) is 44.5 Å². The highest BCUT2D eigenvalue weighted by atomic mass is 32.2. The zero-order valence-corrected chi connectivity index (χ0v) is 17.3. The molecule has 0 bridgehead atoms. The monoisotopic (exact) mass is 402 g/mol. The van der Waals surface area contributed by atoms with Crippen molar-refractivity contribution in [2.75, 3.05) is 13.7 Å². The Morgan fingerprint density at radius 1 is 1.03 bits per heavy atom. The van der Waals surface area contributed by atoms with Crippen LogP contribution in [0.15, 0.2) is 81.5 Å². The number of nitrogens with one attached hydrogen (secondary N) is 1. The van der Waals surface area contributed by atoms with Crippen molar-refractivity contribution >= 4 is 29.1 Å². The van der Waals surface area contributed by atoms with Crippen molar-refractivity contribution in [2.24, 2.45) is 4.99 Å². The molecule has 4 rings (SSSR count). The van der Waals surface area contributed by atoms with Crippen LogP contribution in [0.3, 0.4) is 0 Å². The fourth-order valence-electron chi connectivity index (χ4n) is 3.19. The highest BCUT2D eigenvalue weighted by Gasteiger charge is 2.20. The molecular weight excluding hydrogens is 380 g/mol. The summed E-state index contributed by atoms with van der Waals surface area (Å²) in [5.41, 5.74) is 4.41. The van der Waals surface area contributed by atoms with E-state index in [-0.39, 0.29) is 5.91 Å². The molecule has 0 spiro atoms. The largest absolute Gasteiger partial charge is 0.497 e. The van der Waals surface area contributed by atoms with Gasteiger partial charge in [-0.05, 0) is 55.0 Å². The van der Waals surface area contributed by atoms with Gasteiger partial charge in [0.1, 0.15) is 5.75 Å². The average Bonchev–Trinajstić information content (AvgIpc) is 2.93. The van der Waals surface area contributed by atoms with Gasteiger partial charge in [0.05, 0.1) is 18.5 Å². The fourth-order valence-corrected chi connectivity index (χ4v) is 4.20. The molecule has 1 aliphatic rings. The van der Waals surface area contributed by atoms with Crippen LogP contribution in [-0.4, -0.2) is 25.3 Å². The van der Waals surface area contributed by atoms with Crippen molar-refractivity contribution in [1.82, 2.24) is 5.32 Å². The number of benzene rings is 3. The predicted molar refractivity (Wildman–Crippen MR) is 118 cm³/mol. The lowest BCUT2D eigenvalue weighted by Gasteiger charge is -2.09. The third kappa shape index (κ3) is 4.05. The molecule has 146 valence electrons. The Labute approximate surface area is 175 Å². The van der Waals surface area contributed by atoms with Crippen LogP contribution in [0.25, 0.3) is 0 Å². The van der Waals surface area contributed by atoms with Crippen molar-refractivity contribution in [2.45, 2.75) is 23.1 Å². The lowest BCUT2D eigenvalue weighted by Crippen LogP contribution is -2.23. The van der Waals surface area contributed by atoms with E-state index in [1.807, 2.05) is 61.5 Å². The van der Waals surface area contributed by atoms with E-state index < -0.39 is 0 Å². The van der Waals surface area contributed by atoms with Crippen LogP contribution < -0.4 is 10.1 Å². The van der Waals surface area contributed by atoms with Crippen molar-refractivity contribution in [3.63, 3.8) is 0 Å². The van der Waals surface area contributed by atoms with E-state index in [1.165, 1.54) is 0 Å². The molecule has 0 saturated carbocycles. The maximum atomic E-state index is 12.4. The van der Waals surface area contributed by atoms with Gasteiger partial charge in [0, 0.05) is 33.0 Å². The second-order valence-electron chi connectivity index (χ2n) is 6.73. The predicted octanol–water partition coefficient (Wildman–Crippen LogP) is 5.47. The van der Waals surface area contributed by atoms with Gasteiger partial charge in [-0.15, -0.1) is 0 Å². The summed E-state index contributed by atoms with van der Waals surface area (Å²) in [5.74, 6) is 0.739. The number of fused-ring (bicyclic) bond motifs is 2. The molecule has 0 aliphatic carbocycles. The number of hydrogen-bond donors (Lipinski definition) is 1. The van der Waals surface area contributed by atoms with Crippen LogP contribution in [0.1, 0.15) is 34.8 Å². The van der Waals surface area contributed by atoms with Crippen molar-refractivity contribution in [3.05, 3.63) is 83.4 Å². The summed E-state index contributed by atoms with van der Waals surface area (Å²) >= 11 is 1.68. The molecule has 1 aliphatic heterocycles. The molecule has 0 aromatic heterocycles. The van der Waals surface area contributed by atoms with Gasteiger partial charge >= 0.3 is 0 Å². The Bertz CT molecular complexity index is 1070. The van der Waals surface area contributed by atoms with E-state index in [1.54, 1.807) is 18.9 Å². The molecule has 3 aromatic rings. The van der Waals surface area contributed by atoms with Crippen LogP contribution in [0.4, 0.5) is 5.69 Å². The smallest absolute Gasteiger partial charge is 0.251 e. The Kier molecular flexibility index (Phi) is 5.67. The molecule has 0 fully saturated rings. The third-order valence-corrected chi connectivity index (χ3v) is 5.86. The van der Waals surface area contributed by atoms with Gasteiger partial charge in [0.15, 0.2) is 0 Å². The molecule has 4 nitrogen and oxygen atoms in total. The molecule has 29 heavy (non-hydrogen) atoms. The number of rotatable bonds is 5. The van der Waals surface area contributed by atoms with Crippen molar-refractivity contribution in [1.29, 1.82) is 0 Å². The summed E-state index contributed by atoms with van der Waals surface area (Å²) in [7, 11) is 1.66. The number of aliphatic imine (C=N–C) groups is 1. The van der Waals surface area contributed by atoms with Crippen molar-refractivity contribution < 1.29 is 9.53 Å². The number of carbonyl (C=O) groups is 1. The second-order valence-corrected chi connectivity index (χ2v) is 7.81. The van der Waals surface area contributed by atoms with Crippen LogP contribution in [-0.2, 0) is 0 Å². The van der Waals surface area contributed by atoms with Gasteiger partial charge in [0.2, 0.25) is 0 Å². The summed E-state index contributed by atoms with van der Waals surface area (Å²) in [4.78, 5) is 19.6. The first-order valence-electron chi connectivity index (χ1n) is 9.62. The first-order chi connectivity index (χ1) is 14.2. The van der Waals surface area contributed by atoms with Crippen molar-refractivity contribution in [3.8, 4) is 5.75 Å². The molecule has 0 radical (unpaired) electrons. The summed E-state index contributed by atoms with van der Waals surface area (Å²) in [6, 6.07) is 21.9. The first-order valence-corrected chi connectivity index (χ1v) is 10.4. The number of methoxy groups -OCH3 is 1. The first kappa shape index (κ1) is 19.3. The van der Waals surface area contributed by atoms with E-state index in [2.05, 4.69) is 17.4 Å². The summed E-state index contributed by atoms with van der Waals surface area (Å²) in [6.45, 7) is 2.70. The van der Waals surface area contributed by atoms with E-state index in [4.69, 9.17) is 9.73 Å². The van der Waals surface area contributed by atoms with Gasteiger partial charge in [-0.2, -0.15) is 0 Å². The normalized spacial score (nSPS) is 12.3. The van der Waals surface area contributed by atoms with Crippen LogP contribution >= 0.6 is 11.8 Å². The molecule has 1 heterocycles. The number of amides is 1. The third-order valence-electron chi connectivity index (χ3n) is 4.71. The Balaban J connectivity index is 1.82. The zero-order chi connectivity index (χ0) is 20.2. The highest BCUT2D eigenvalue weighted by Crippen LogP contribution is 2.41. The quantitative estimate of drug-likeness (QED) is 0.482. The molecule has 1 amide bonds. The molecule has 0 atom stereocenters. The van der Waals surface area contributed by atoms with Crippen LogP contribution in [0, 0.1) is 0 Å². The zero-order valence-electron chi connectivity index (χ0n) is 16.4. The van der Waals surface area contributed by atoms with E-state index in [0.29, 0.717) is 12.1 Å². The van der Waals surface area contributed by atoms with Gasteiger partial charge in [0.25, 0.3) is 5.91 Å². The van der Waals surface area contributed by atoms with Crippen LogP contribution in [0.5, 0.6) is 5.75 Å². The van der Waals surface area contributed by atoms with Gasteiger partial charge in [-0.25, -0.2) is 4.99 Å². The molecule has 3 aromatic carbocycles. The van der Waals surface area contributed by atoms with Gasteiger partial charge < -0.3 is 10.1 Å². The lowest BCUT2D eigenvalue weighted by atomic mass is 10.0. The standard InChI is InChI=1S/C24H22N2O2S/c1-3-14-25-24(27)17-10-13-22-20(15-17)26-23(16-8-11-18(28-2)12-9-16)19-6-4-5-7-21(19)29-22/h4-13,15H,3,14H2,1-2H3,(H,25,27). The van der Waals surface area contributed by atoms with Crippen LogP contribution in [0.2, 0.25) is 0 Å². The van der Waals surface area contributed by atoms with E-state index in [9.17, 15) is 4.79 Å². The minimum Gasteiger partial charge on any atom is -0.497 e. The summed E-state index contributed by atoms with van der Waals surface area (Å²) in [6.07, 6.45) is 0.904. The maximum absolute atomic E-state index is 12.4.